The van der Waals surface area contributed by atoms with E-state index in [4.69, 9.17) is 16.9 Å². The van der Waals surface area contributed by atoms with Crippen molar-refractivity contribution in [3.05, 3.63) is 47.8 Å². The molecule has 0 aliphatic carbocycles. The van der Waals surface area contributed by atoms with Crippen LogP contribution in [0.25, 0.3) is 0 Å². The van der Waals surface area contributed by atoms with Gasteiger partial charge in [0.05, 0.1) is 5.92 Å². The van der Waals surface area contributed by atoms with Gasteiger partial charge in [-0.25, -0.2) is 4.39 Å². The molecule has 16 heavy (non-hydrogen) atoms. The minimum Gasteiger partial charge on any atom is -0.255 e. The predicted molar refractivity (Wildman–Crippen MR) is 61.0 cm³/mol. The SMILES string of the molecule is N#CC1(Cl)N=CC=CC1c1ccccc1F. The van der Waals surface area contributed by atoms with Crippen LogP contribution < -0.4 is 0 Å². The molecule has 2 unspecified atom stereocenters. The first-order chi connectivity index (χ1) is 7.67. The molecule has 0 saturated carbocycles. The van der Waals surface area contributed by atoms with Gasteiger partial charge < -0.3 is 0 Å². The number of allylic oxidation sites excluding steroid dienone is 1. The molecule has 0 saturated heterocycles. The second-order valence-electron chi connectivity index (χ2n) is 3.45. The summed E-state index contributed by atoms with van der Waals surface area (Å²) in [6.07, 6.45) is 4.80. The maximum atomic E-state index is 13.6. The second kappa shape index (κ2) is 4.07. The first-order valence-corrected chi connectivity index (χ1v) is 5.12. The highest BCUT2D eigenvalue weighted by Gasteiger charge is 2.38. The van der Waals surface area contributed by atoms with Crippen molar-refractivity contribution >= 4 is 17.8 Å². The minimum atomic E-state index is -1.45. The van der Waals surface area contributed by atoms with Gasteiger partial charge in [-0.05, 0) is 17.7 Å². The zero-order valence-corrected chi connectivity index (χ0v) is 9.03. The fourth-order valence-corrected chi connectivity index (χ4v) is 1.90. The average Bonchev–Trinajstić information content (AvgIpc) is 2.31. The van der Waals surface area contributed by atoms with Crippen molar-refractivity contribution in [2.24, 2.45) is 4.99 Å². The quantitative estimate of drug-likeness (QED) is 0.544. The van der Waals surface area contributed by atoms with E-state index in [-0.39, 0.29) is 5.82 Å². The Morgan fingerprint density at radius 1 is 1.44 bits per heavy atom. The Morgan fingerprint density at radius 2 is 2.19 bits per heavy atom. The molecule has 4 heteroatoms. The average molecular weight is 235 g/mol. The summed E-state index contributed by atoms with van der Waals surface area (Å²) in [6, 6.07) is 8.16. The van der Waals surface area contributed by atoms with E-state index in [2.05, 4.69) is 4.99 Å². The van der Waals surface area contributed by atoms with E-state index in [0.29, 0.717) is 5.56 Å². The molecule has 1 aromatic carbocycles. The van der Waals surface area contributed by atoms with Crippen LogP contribution in [0.3, 0.4) is 0 Å². The van der Waals surface area contributed by atoms with Crippen LogP contribution in [-0.2, 0) is 0 Å². The van der Waals surface area contributed by atoms with Gasteiger partial charge in [-0.3, -0.25) is 4.99 Å². The fraction of sp³-hybridized carbons (Fsp3) is 0.167. The maximum Gasteiger partial charge on any atom is 0.229 e. The third-order valence-electron chi connectivity index (χ3n) is 2.46. The zero-order chi connectivity index (χ0) is 11.6. The van der Waals surface area contributed by atoms with Crippen LogP contribution in [0.2, 0.25) is 0 Å². The van der Waals surface area contributed by atoms with Crippen LogP contribution in [-0.4, -0.2) is 11.2 Å². The van der Waals surface area contributed by atoms with Gasteiger partial charge in [0.2, 0.25) is 5.00 Å². The van der Waals surface area contributed by atoms with Gasteiger partial charge in [-0.1, -0.05) is 35.9 Å². The van der Waals surface area contributed by atoms with Gasteiger partial charge >= 0.3 is 0 Å². The smallest absolute Gasteiger partial charge is 0.229 e. The van der Waals surface area contributed by atoms with E-state index in [9.17, 15) is 4.39 Å². The van der Waals surface area contributed by atoms with Gasteiger partial charge in [0.15, 0.2) is 0 Å². The van der Waals surface area contributed by atoms with Crippen molar-refractivity contribution in [2.75, 3.05) is 0 Å². The number of dihydropyridines is 1. The normalized spacial score (nSPS) is 27.7. The number of alkyl halides is 1. The fourth-order valence-electron chi connectivity index (χ4n) is 1.66. The number of hydrogen-bond donors (Lipinski definition) is 0. The van der Waals surface area contributed by atoms with Gasteiger partial charge in [0, 0.05) is 6.21 Å². The Labute approximate surface area is 97.7 Å². The van der Waals surface area contributed by atoms with E-state index in [0.717, 1.165) is 0 Å². The monoisotopic (exact) mass is 234 g/mol. The van der Waals surface area contributed by atoms with E-state index in [1.54, 1.807) is 30.4 Å². The number of aliphatic imine (C=N–C) groups is 1. The van der Waals surface area contributed by atoms with Crippen molar-refractivity contribution in [3.63, 3.8) is 0 Å². The second-order valence-corrected chi connectivity index (χ2v) is 4.02. The molecule has 1 heterocycles. The largest absolute Gasteiger partial charge is 0.255 e. The summed E-state index contributed by atoms with van der Waals surface area (Å²) < 4.78 is 13.6. The molecule has 2 nitrogen and oxygen atoms in total. The molecule has 0 bridgehead atoms. The highest BCUT2D eigenvalue weighted by atomic mass is 35.5. The van der Waals surface area contributed by atoms with Crippen molar-refractivity contribution in [3.8, 4) is 6.07 Å². The molecule has 0 aromatic heterocycles. The Balaban J connectivity index is 2.49. The summed E-state index contributed by atoms with van der Waals surface area (Å²) in [5.41, 5.74) is 0.382. The first kappa shape index (κ1) is 10.8. The summed E-state index contributed by atoms with van der Waals surface area (Å²) in [4.78, 5) is 2.46. The predicted octanol–water partition coefficient (Wildman–Crippen LogP) is 3.01. The molecule has 0 amide bonds. The highest BCUT2D eigenvalue weighted by molar-refractivity contribution is 6.27. The Morgan fingerprint density at radius 3 is 2.88 bits per heavy atom. The van der Waals surface area contributed by atoms with E-state index in [1.807, 2.05) is 6.07 Å². The Bertz CT molecular complexity index is 504. The van der Waals surface area contributed by atoms with Crippen LogP contribution in [0.4, 0.5) is 4.39 Å². The highest BCUT2D eigenvalue weighted by Crippen LogP contribution is 2.38. The number of hydrogen-bond acceptors (Lipinski definition) is 2. The van der Waals surface area contributed by atoms with E-state index >= 15 is 0 Å². The van der Waals surface area contributed by atoms with Gasteiger partial charge in [0.1, 0.15) is 11.9 Å². The standard InChI is InChI=1S/C12H8ClFN2/c13-12(8-15)10(5-3-7-16-12)9-4-1-2-6-11(9)14/h1-7,10H. The van der Waals surface area contributed by atoms with Crippen molar-refractivity contribution in [1.29, 1.82) is 5.26 Å². The van der Waals surface area contributed by atoms with Crippen molar-refractivity contribution in [2.45, 2.75) is 10.9 Å². The third kappa shape index (κ3) is 1.72. The lowest BCUT2D eigenvalue weighted by Crippen LogP contribution is -2.27. The lowest BCUT2D eigenvalue weighted by atomic mass is 9.90. The molecule has 0 N–H and O–H groups in total. The Kier molecular flexibility index (Phi) is 2.76. The van der Waals surface area contributed by atoms with Crippen LogP contribution in [0.1, 0.15) is 11.5 Å². The summed E-state index contributed by atoms with van der Waals surface area (Å²) in [6.45, 7) is 0. The Hall–Kier alpha value is -1.66. The van der Waals surface area contributed by atoms with E-state index in [1.165, 1.54) is 12.3 Å². The molecule has 2 rings (SSSR count). The number of nitriles is 1. The molecule has 1 aliphatic rings. The van der Waals surface area contributed by atoms with Crippen molar-refractivity contribution < 1.29 is 4.39 Å². The molecule has 0 radical (unpaired) electrons. The molecule has 80 valence electrons. The number of benzene rings is 1. The maximum absolute atomic E-state index is 13.6. The lowest BCUT2D eigenvalue weighted by Gasteiger charge is -2.25. The van der Waals surface area contributed by atoms with Gasteiger partial charge in [0.25, 0.3) is 0 Å². The van der Waals surface area contributed by atoms with E-state index < -0.39 is 10.9 Å². The summed E-state index contributed by atoms with van der Waals surface area (Å²) in [7, 11) is 0. The van der Waals surface area contributed by atoms with Crippen LogP contribution in [0.5, 0.6) is 0 Å². The topological polar surface area (TPSA) is 36.1 Å². The number of halogens is 2. The summed E-state index contributed by atoms with van der Waals surface area (Å²) in [5, 5.41) is 9.02. The third-order valence-corrected chi connectivity index (χ3v) is 2.88. The van der Waals surface area contributed by atoms with Gasteiger partial charge in [-0.15, -0.1) is 0 Å². The van der Waals surface area contributed by atoms with Crippen LogP contribution >= 0.6 is 11.6 Å². The molecule has 0 spiro atoms. The lowest BCUT2D eigenvalue weighted by molar-refractivity contribution is 0.572. The van der Waals surface area contributed by atoms with Crippen LogP contribution in [0.15, 0.2) is 41.4 Å². The van der Waals surface area contributed by atoms with Crippen LogP contribution in [0, 0.1) is 17.1 Å². The molecule has 0 fully saturated rings. The molecular weight excluding hydrogens is 227 g/mol. The molecular formula is C12H8ClFN2. The first-order valence-electron chi connectivity index (χ1n) is 4.74. The number of rotatable bonds is 1. The minimum absolute atomic E-state index is 0.380. The van der Waals surface area contributed by atoms with Gasteiger partial charge in [-0.2, -0.15) is 5.26 Å². The number of nitrogens with zero attached hydrogens (tertiary/aromatic N) is 2. The molecule has 1 aromatic rings. The molecule has 2 atom stereocenters. The summed E-state index contributed by atoms with van der Waals surface area (Å²) >= 11 is 6.06. The summed E-state index contributed by atoms with van der Waals surface area (Å²) in [5.74, 6) is -0.945. The molecule has 1 aliphatic heterocycles. The zero-order valence-electron chi connectivity index (χ0n) is 8.27. The van der Waals surface area contributed by atoms with Crippen molar-refractivity contribution in [1.82, 2.24) is 0 Å².